The van der Waals surface area contributed by atoms with E-state index in [9.17, 15) is 18.0 Å². The van der Waals surface area contributed by atoms with Gasteiger partial charge in [-0.1, -0.05) is 6.07 Å². The minimum Gasteiger partial charge on any atom is -0.376 e. The first kappa shape index (κ1) is 15.7. The van der Waals surface area contributed by atoms with Crippen LogP contribution in [-0.2, 0) is 4.79 Å². The van der Waals surface area contributed by atoms with E-state index in [1.54, 1.807) is 36.5 Å². The molecule has 0 aliphatic carbocycles. The second-order valence-corrected chi connectivity index (χ2v) is 4.43. The average molecular weight is 314 g/mol. The first-order valence-electron chi connectivity index (χ1n) is 6.28. The van der Waals surface area contributed by atoms with Crippen LogP contribution in [0.15, 0.2) is 24.3 Å². The average Bonchev–Trinajstić information content (AvgIpc) is 2.89. The Bertz CT molecular complexity index is 654. The Balaban J connectivity index is 1.94. The fourth-order valence-corrected chi connectivity index (χ4v) is 1.66. The van der Waals surface area contributed by atoms with Crippen LogP contribution in [0.5, 0.6) is 0 Å². The molecule has 1 aromatic carbocycles. The number of hydrogen-bond donors (Lipinski definition) is 2. The molecule has 0 aliphatic rings. The van der Waals surface area contributed by atoms with Crippen LogP contribution >= 0.6 is 0 Å². The molecule has 1 aromatic heterocycles. The third-order valence-electron chi connectivity index (χ3n) is 2.66. The molecule has 118 valence electrons. The van der Waals surface area contributed by atoms with Gasteiger partial charge in [0.25, 0.3) is 0 Å². The molecule has 0 fully saturated rings. The second-order valence-electron chi connectivity index (χ2n) is 4.43. The number of nitrogens with zero attached hydrogens (tertiary/aromatic N) is 4. The Morgan fingerprint density at radius 2 is 2.14 bits per heavy atom. The fourth-order valence-electron chi connectivity index (χ4n) is 1.66. The number of tetrazole rings is 1. The summed E-state index contributed by atoms with van der Waals surface area (Å²) >= 11 is 0. The molecule has 1 amide bonds. The van der Waals surface area contributed by atoms with Gasteiger partial charge in [-0.2, -0.15) is 17.9 Å². The second kappa shape index (κ2) is 6.41. The van der Waals surface area contributed by atoms with E-state index in [2.05, 4.69) is 20.8 Å². The summed E-state index contributed by atoms with van der Waals surface area (Å²) in [6.07, 6.45) is -4.42. The van der Waals surface area contributed by atoms with Gasteiger partial charge in [0, 0.05) is 5.69 Å². The number of rotatable bonds is 5. The molecule has 0 atom stereocenters. The van der Waals surface area contributed by atoms with Gasteiger partial charge in [-0.25, -0.2) is 0 Å². The Kier molecular flexibility index (Phi) is 4.59. The van der Waals surface area contributed by atoms with Crippen molar-refractivity contribution in [2.24, 2.45) is 0 Å². The lowest BCUT2D eigenvalue weighted by atomic mass is 10.2. The van der Waals surface area contributed by atoms with Crippen molar-refractivity contribution in [3.63, 3.8) is 0 Å². The SMILES string of the molecule is Cc1nnnn1-c1cccc(NCC(=O)NCC(F)(F)F)c1. The quantitative estimate of drug-likeness (QED) is 0.862. The topological polar surface area (TPSA) is 84.7 Å². The standard InChI is InChI=1S/C12H13F3N6O/c1-8-18-19-20-21(8)10-4-2-3-9(5-10)16-6-11(22)17-7-12(13,14)15/h2-5,16H,6-7H2,1H3,(H,17,22). The molecular formula is C12H13F3N6O. The van der Waals surface area contributed by atoms with Crippen molar-refractivity contribution in [3.8, 4) is 5.69 Å². The third kappa shape index (κ3) is 4.43. The van der Waals surface area contributed by atoms with Gasteiger partial charge in [0.15, 0.2) is 5.82 Å². The van der Waals surface area contributed by atoms with Gasteiger partial charge >= 0.3 is 6.18 Å². The van der Waals surface area contributed by atoms with Gasteiger partial charge in [0.1, 0.15) is 6.54 Å². The van der Waals surface area contributed by atoms with Gasteiger partial charge in [-0.05, 0) is 35.5 Å². The van der Waals surface area contributed by atoms with Gasteiger partial charge in [-0.3, -0.25) is 4.79 Å². The number of benzene rings is 1. The number of aryl methyl sites for hydroxylation is 1. The van der Waals surface area contributed by atoms with Gasteiger partial charge in [-0.15, -0.1) is 5.10 Å². The molecule has 0 saturated carbocycles. The molecular weight excluding hydrogens is 301 g/mol. The van der Waals surface area contributed by atoms with Crippen LogP contribution in [0.1, 0.15) is 5.82 Å². The summed E-state index contributed by atoms with van der Waals surface area (Å²) in [5.41, 5.74) is 1.23. The van der Waals surface area contributed by atoms with E-state index >= 15 is 0 Å². The zero-order valence-electron chi connectivity index (χ0n) is 11.6. The van der Waals surface area contributed by atoms with Gasteiger partial charge in [0.2, 0.25) is 5.91 Å². The predicted octanol–water partition coefficient (Wildman–Crippen LogP) is 1.06. The lowest BCUT2D eigenvalue weighted by Crippen LogP contribution is -2.37. The van der Waals surface area contributed by atoms with Crippen molar-refractivity contribution < 1.29 is 18.0 Å². The van der Waals surface area contributed by atoms with Gasteiger partial charge in [0.05, 0.1) is 12.2 Å². The number of halogens is 3. The summed E-state index contributed by atoms with van der Waals surface area (Å²) in [7, 11) is 0. The molecule has 10 heteroatoms. The molecule has 0 unspecified atom stereocenters. The van der Waals surface area contributed by atoms with E-state index in [-0.39, 0.29) is 6.54 Å². The Morgan fingerprint density at radius 1 is 1.36 bits per heavy atom. The molecule has 0 aliphatic heterocycles. The number of carbonyl (C=O) groups is 1. The smallest absolute Gasteiger partial charge is 0.376 e. The van der Waals surface area contributed by atoms with Crippen molar-refractivity contribution >= 4 is 11.6 Å². The van der Waals surface area contributed by atoms with E-state index in [0.29, 0.717) is 17.2 Å². The normalized spacial score (nSPS) is 11.3. The maximum atomic E-state index is 12.0. The van der Waals surface area contributed by atoms with Crippen LogP contribution in [0.25, 0.3) is 5.69 Å². The van der Waals surface area contributed by atoms with Crippen LogP contribution in [0, 0.1) is 6.92 Å². The number of aromatic nitrogens is 4. The molecule has 2 rings (SSSR count). The number of amides is 1. The van der Waals surface area contributed by atoms with Crippen molar-refractivity contribution in [1.29, 1.82) is 0 Å². The summed E-state index contributed by atoms with van der Waals surface area (Å²) in [6, 6.07) is 6.84. The predicted molar refractivity (Wildman–Crippen MR) is 71.4 cm³/mol. The van der Waals surface area contributed by atoms with E-state index in [1.807, 2.05) is 0 Å². The zero-order valence-corrected chi connectivity index (χ0v) is 11.6. The van der Waals surface area contributed by atoms with E-state index in [0.717, 1.165) is 0 Å². The number of alkyl halides is 3. The molecule has 7 nitrogen and oxygen atoms in total. The first-order chi connectivity index (χ1) is 10.3. The van der Waals surface area contributed by atoms with Crippen molar-refractivity contribution in [2.75, 3.05) is 18.4 Å². The first-order valence-corrected chi connectivity index (χ1v) is 6.28. The Labute approximate surface area is 123 Å². The van der Waals surface area contributed by atoms with E-state index in [4.69, 9.17) is 0 Å². The maximum absolute atomic E-state index is 12.0. The van der Waals surface area contributed by atoms with E-state index < -0.39 is 18.6 Å². The molecule has 1 heterocycles. The molecule has 0 radical (unpaired) electrons. The van der Waals surface area contributed by atoms with Crippen molar-refractivity contribution in [3.05, 3.63) is 30.1 Å². The summed E-state index contributed by atoms with van der Waals surface area (Å²) < 4.78 is 37.4. The molecule has 0 spiro atoms. The summed E-state index contributed by atoms with van der Waals surface area (Å²) in [5.74, 6) is -0.165. The molecule has 0 saturated heterocycles. The minimum absolute atomic E-state index is 0.270. The fraction of sp³-hybridized carbons (Fsp3) is 0.333. The van der Waals surface area contributed by atoms with Crippen molar-refractivity contribution in [2.45, 2.75) is 13.1 Å². The van der Waals surface area contributed by atoms with E-state index in [1.165, 1.54) is 4.68 Å². The summed E-state index contributed by atoms with van der Waals surface area (Å²) in [6.45, 7) is 0.107. The van der Waals surface area contributed by atoms with Crippen molar-refractivity contribution in [1.82, 2.24) is 25.5 Å². The highest BCUT2D eigenvalue weighted by molar-refractivity contribution is 5.80. The largest absolute Gasteiger partial charge is 0.405 e. The monoisotopic (exact) mass is 314 g/mol. The molecule has 2 aromatic rings. The molecule has 2 N–H and O–H groups in total. The highest BCUT2D eigenvalue weighted by Crippen LogP contribution is 2.14. The number of hydrogen-bond acceptors (Lipinski definition) is 5. The minimum atomic E-state index is -4.42. The van der Waals surface area contributed by atoms with Gasteiger partial charge < -0.3 is 10.6 Å². The third-order valence-corrected chi connectivity index (χ3v) is 2.66. The number of nitrogens with one attached hydrogen (secondary N) is 2. The number of carbonyl (C=O) groups excluding carboxylic acids is 1. The van der Waals surface area contributed by atoms with Crippen LogP contribution in [0.2, 0.25) is 0 Å². The summed E-state index contributed by atoms with van der Waals surface area (Å²) in [5, 5.41) is 15.6. The Hall–Kier alpha value is -2.65. The lowest BCUT2D eigenvalue weighted by molar-refractivity contribution is -0.137. The zero-order chi connectivity index (χ0) is 16.2. The van der Waals surface area contributed by atoms with Crippen LogP contribution in [0.4, 0.5) is 18.9 Å². The maximum Gasteiger partial charge on any atom is 0.405 e. The highest BCUT2D eigenvalue weighted by Gasteiger charge is 2.27. The highest BCUT2D eigenvalue weighted by atomic mass is 19.4. The van der Waals surface area contributed by atoms with Crippen LogP contribution < -0.4 is 10.6 Å². The lowest BCUT2D eigenvalue weighted by Gasteiger charge is -2.10. The summed E-state index contributed by atoms with van der Waals surface area (Å²) in [4.78, 5) is 11.3. The van der Waals surface area contributed by atoms with Crippen LogP contribution in [-0.4, -0.2) is 45.4 Å². The molecule has 22 heavy (non-hydrogen) atoms. The van der Waals surface area contributed by atoms with Crippen LogP contribution in [0.3, 0.4) is 0 Å². The number of anilines is 1. The molecule has 0 bridgehead atoms. The Morgan fingerprint density at radius 3 is 2.77 bits per heavy atom.